The van der Waals surface area contributed by atoms with Gasteiger partial charge in [-0.1, -0.05) is 0 Å². The Labute approximate surface area is 119 Å². The normalized spacial score (nSPS) is 11.2. The van der Waals surface area contributed by atoms with Crippen LogP contribution >= 0.6 is 0 Å². The molecule has 0 aromatic heterocycles. The number of alkyl halides is 3. The summed E-state index contributed by atoms with van der Waals surface area (Å²) in [6.45, 7) is -1.25. The molecule has 0 fully saturated rings. The maximum absolute atomic E-state index is 11.8. The second kappa shape index (κ2) is 7.72. The van der Waals surface area contributed by atoms with E-state index in [1.165, 1.54) is 25.3 Å². The van der Waals surface area contributed by atoms with E-state index in [0.717, 1.165) is 0 Å². The number of nitrogen functional groups attached to an aromatic ring is 1. The molecular weight excluding hydrogens is 291 g/mol. The Morgan fingerprint density at radius 2 is 2.00 bits per heavy atom. The first-order valence-corrected chi connectivity index (χ1v) is 6.08. The Bertz CT molecular complexity index is 477. The zero-order valence-corrected chi connectivity index (χ0v) is 11.4. The van der Waals surface area contributed by atoms with Crippen LogP contribution in [0.15, 0.2) is 18.2 Å². The monoisotopic (exact) mass is 307 g/mol. The van der Waals surface area contributed by atoms with Crippen molar-refractivity contribution in [2.45, 2.75) is 12.6 Å². The van der Waals surface area contributed by atoms with Gasteiger partial charge >= 0.3 is 12.1 Å². The Balaban J connectivity index is 2.39. The quantitative estimate of drug-likeness (QED) is 0.476. The van der Waals surface area contributed by atoms with E-state index < -0.39 is 18.8 Å². The van der Waals surface area contributed by atoms with Gasteiger partial charge in [-0.25, -0.2) is 4.79 Å². The van der Waals surface area contributed by atoms with E-state index in [1.807, 2.05) is 0 Å². The third kappa shape index (κ3) is 6.35. The van der Waals surface area contributed by atoms with E-state index in [-0.39, 0.29) is 30.9 Å². The summed E-state index contributed by atoms with van der Waals surface area (Å²) in [5.41, 5.74) is 6.26. The number of carbonyl (C=O) groups is 1. The van der Waals surface area contributed by atoms with Crippen LogP contribution in [-0.4, -0.2) is 39.1 Å². The van der Waals surface area contributed by atoms with Crippen molar-refractivity contribution < 1.29 is 32.2 Å². The van der Waals surface area contributed by atoms with E-state index >= 15 is 0 Å². The molecular formula is C13H16F3NO4. The van der Waals surface area contributed by atoms with Crippen molar-refractivity contribution in [3.63, 3.8) is 0 Å². The fourth-order valence-electron chi connectivity index (χ4n) is 1.44. The van der Waals surface area contributed by atoms with Gasteiger partial charge in [-0.3, -0.25) is 0 Å². The predicted octanol–water partition coefficient (Wildman–Crippen LogP) is 2.40. The number of anilines is 1. The molecule has 0 heterocycles. The lowest BCUT2D eigenvalue weighted by Crippen LogP contribution is -2.18. The summed E-state index contributed by atoms with van der Waals surface area (Å²) in [4.78, 5) is 11.3. The second-order valence-corrected chi connectivity index (χ2v) is 4.11. The molecule has 1 aromatic carbocycles. The summed E-state index contributed by atoms with van der Waals surface area (Å²) in [7, 11) is 1.25. The number of carbonyl (C=O) groups excluding carboxylic acids is 1. The zero-order valence-electron chi connectivity index (χ0n) is 11.4. The van der Waals surface area contributed by atoms with Crippen LogP contribution in [0.5, 0.6) is 5.75 Å². The molecule has 1 aromatic rings. The lowest BCUT2D eigenvalue weighted by molar-refractivity contribution is -0.174. The molecule has 0 saturated heterocycles. The van der Waals surface area contributed by atoms with Crippen LogP contribution in [0.2, 0.25) is 0 Å². The van der Waals surface area contributed by atoms with E-state index in [1.54, 1.807) is 0 Å². The van der Waals surface area contributed by atoms with Crippen LogP contribution in [0.4, 0.5) is 18.9 Å². The molecule has 0 amide bonds. The highest BCUT2D eigenvalue weighted by atomic mass is 19.4. The third-order valence-corrected chi connectivity index (χ3v) is 2.39. The molecule has 0 saturated carbocycles. The number of esters is 1. The first-order chi connectivity index (χ1) is 9.83. The lowest BCUT2D eigenvalue weighted by Gasteiger charge is -2.11. The van der Waals surface area contributed by atoms with Crippen LogP contribution < -0.4 is 10.5 Å². The van der Waals surface area contributed by atoms with Crippen molar-refractivity contribution in [2.24, 2.45) is 0 Å². The lowest BCUT2D eigenvalue weighted by atomic mass is 10.2. The fraction of sp³-hybridized carbons (Fsp3) is 0.462. The molecule has 0 radical (unpaired) electrons. The minimum Gasteiger partial charge on any atom is -0.491 e. The molecule has 0 bridgehead atoms. The van der Waals surface area contributed by atoms with E-state index in [0.29, 0.717) is 5.69 Å². The van der Waals surface area contributed by atoms with Crippen LogP contribution in [-0.2, 0) is 9.47 Å². The van der Waals surface area contributed by atoms with E-state index in [9.17, 15) is 18.0 Å². The van der Waals surface area contributed by atoms with Gasteiger partial charge < -0.3 is 19.9 Å². The number of ether oxygens (including phenoxy) is 3. The Hall–Kier alpha value is -1.96. The molecule has 21 heavy (non-hydrogen) atoms. The van der Waals surface area contributed by atoms with Gasteiger partial charge in [0.25, 0.3) is 0 Å². The van der Waals surface area contributed by atoms with Crippen LogP contribution in [0, 0.1) is 0 Å². The first kappa shape index (κ1) is 17.1. The molecule has 0 aliphatic heterocycles. The van der Waals surface area contributed by atoms with E-state index in [4.69, 9.17) is 10.5 Å². The Morgan fingerprint density at radius 1 is 1.29 bits per heavy atom. The van der Waals surface area contributed by atoms with Crippen molar-refractivity contribution in [3.8, 4) is 5.75 Å². The molecule has 0 unspecified atom stereocenters. The molecule has 1 rings (SSSR count). The highest BCUT2D eigenvalue weighted by molar-refractivity contribution is 5.90. The van der Waals surface area contributed by atoms with Crippen molar-refractivity contribution in [1.82, 2.24) is 0 Å². The molecule has 8 heteroatoms. The van der Waals surface area contributed by atoms with Crippen molar-refractivity contribution in [3.05, 3.63) is 23.8 Å². The molecule has 118 valence electrons. The number of rotatable bonds is 7. The van der Waals surface area contributed by atoms with Gasteiger partial charge in [0, 0.05) is 6.42 Å². The highest BCUT2D eigenvalue weighted by Gasteiger charge is 2.27. The first-order valence-electron chi connectivity index (χ1n) is 6.08. The summed E-state index contributed by atoms with van der Waals surface area (Å²) in [6.07, 6.45) is -4.07. The van der Waals surface area contributed by atoms with Gasteiger partial charge in [0.1, 0.15) is 12.4 Å². The maximum Gasteiger partial charge on any atom is 0.411 e. The minimum atomic E-state index is -4.33. The van der Waals surface area contributed by atoms with Gasteiger partial charge in [-0.2, -0.15) is 13.2 Å². The van der Waals surface area contributed by atoms with Crippen molar-refractivity contribution >= 4 is 11.7 Å². The Kier molecular flexibility index (Phi) is 6.29. The summed E-state index contributed by atoms with van der Waals surface area (Å²) in [6, 6.07) is 4.39. The zero-order chi connectivity index (χ0) is 15.9. The summed E-state index contributed by atoms with van der Waals surface area (Å²) < 4.78 is 49.8. The van der Waals surface area contributed by atoms with Gasteiger partial charge in [0.05, 0.1) is 31.6 Å². The smallest absolute Gasteiger partial charge is 0.411 e. The predicted molar refractivity (Wildman–Crippen MR) is 69.2 cm³/mol. The number of hydrogen-bond donors (Lipinski definition) is 1. The second-order valence-electron chi connectivity index (χ2n) is 4.11. The number of nitrogens with two attached hydrogens (primary N) is 1. The maximum atomic E-state index is 11.8. The van der Waals surface area contributed by atoms with Crippen LogP contribution in [0.3, 0.4) is 0 Å². The van der Waals surface area contributed by atoms with Crippen LogP contribution in [0.25, 0.3) is 0 Å². The SMILES string of the molecule is COC(=O)c1ccc(N)c(OCCCOCC(F)(F)F)c1. The van der Waals surface area contributed by atoms with Crippen molar-refractivity contribution in [2.75, 3.05) is 32.7 Å². The molecule has 2 N–H and O–H groups in total. The minimum absolute atomic E-state index is 0.0872. The largest absolute Gasteiger partial charge is 0.491 e. The Morgan fingerprint density at radius 3 is 2.62 bits per heavy atom. The molecule has 0 aliphatic carbocycles. The number of halogens is 3. The standard InChI is InChI=1S/C13H16F3NO4/c1-19-12(18)9-3-4-10(17)11(7-9)21-6-2-5-20-8-13(14,15)16/h3-4,7H,2,5-6,8,17H2,1H3. The third-order valence-electron chi connectivity index (χ3n) is 2.39. The summed E-state index contributed by atoms with van der Waals surface area (Å²) in [5, 5.41) is 0. The van der Waals surface area contributed by atoms with Gasteiger partial charge in [0.2, 0.25) is 0 Å². The van der Waals surface area contributed by atoms with E-state index in [2.05, 4.69) is 9.47 Å². The van der Waals surface area contributed by atoms with Crippen molar-refractivity contribution in [1.29, 1.82) is 0 Å². The van der Waals surface area contributed by atoms with Gasteiger partial charge in [-0.05, 0) is 18.2 Å². The molecule has 5 nitrogen and oxygen atoms in total. The average molecular weight is 307 g/mol. The number of hydrogen-bond acceptors (Lipinski definition) is 5. The molecule has 0 spiro atoms. The number of benzene rings is 1. The summed E-state index contributed by atoms with van der Waals surface area (Å²) in [5.74, 6) is -0.262. The molecule has 0 atom stereocenters. The fourth-order valence-corrected chi connectivity index (χ4v) is 1.44. The highest BCUT2D eigenvalue weighted by Crippen LogP contribution is 2.23. The van der Waals surface area contributed by atoms with Gasteiger partial charge in [0.15, 0.2) is 0 Å². The van der Waals surface area contributed by atoms with Gasteiger partial charge in [-0.15, -0.1) is 0 Å². The number of methoxy groups -OCH3 is 1. The topological polar surface area (TPSA) is 70.8 Å². The average Bonchev–Trinajstić information content (AvgIpc) is 2.42. The molecule has 0 aliphatic rings. The summed E-state index contributed by atoms with van der Waals surface area (Å²) >= 11 is 0. The van der Waals surface area contributed by atoms with Crippen LogP contribution in [0.1, 0.15) is 16.8 Å².